The minimum Gasteiger partial charge on any atom is -0.350 e. The zero-order chi connectivity index (χ0) is 28.9. The van der Waals surface area contributed by atoms with E-state index in [1.807, 2.05) is 0 Å². The number of piperidine rings is 2. The summed E-state index contributed by atoms with van der Waals surface area (Å²) in [5.74, 6) is -0.997. The highest BCUT2D eigenvalue weighted by atomic mass is 32.2. The van der Waals surface area contributed by atoms with E-state index in [1.165, 1.54) is 6.21 Å². The summed E-state index contributed by atoms with van der Waals surface area (Å²) >= 11 is 0. The minimum absolute atomic E-state index is 0.0927. The van der Waals surface area contributed by atoms with Crippen molar-refractivity contribution < 1.29 is 17.6 Å². The van der Waals surface area contributed by atoms with Crippen LogP contribution >= 0.6 is 0 Å². The van der Waals surface area contributed by atoms with Gasteiger partial charge in [-0.3, -0.25) is 14.7 Å². The Morgan fingerprint density at radius 3 is 2.50 bits per heavy atom. The highest BCUT2D eigenvalue weighted by Crippen LogP contribution is 2.42. The lowest BCUT2D eigenvalue weighted by molar-refractivity contribution is -0.128. The third kappa shape index (κ3) is 7.23. The van der Waals surface area contributed by atoms with Crippen molar-refractivity contribution in [2.75, 3.05) is 39.3 Å². The number of aliphatic imine (C=N–C) groups is 1. The summed E-state index contributed by atoms with van der Waals surface area (Å²) in [4.78, 5) is 20.8. The Balaban J connectivity index is 1.45. The standard InChI is InChI=1S/C28H52FN7O3S/c1-3-10-28(4-2)11-6-20(29)18-33-22(17-28)25(26(30)31)27(37)34-23-19-32-12-7-24(23)35-15-8-21(9-16-35)40(38,39)36-13-5-14-36/h18,20-26,32H,3-17,19,30-31H2,1-2H3,(H,34,37). The number of hydrogen-bond acceptors (Lipinski definition) is 8. The van der Waals surface area contributed by atoms with Crippen molar-refractivity contribution in [3.8, 4) is 0 Å². The molecule has 6 unspecified atom stereocenters. The Kier molecular flexibility index (Phi) is 11.0. The van der Waals surface area contributed by atoms with Gasteiger partial charge in [0.25, 0.3) is 0 Å². The third-order valence-electron chi connectivity index (χ3n) is 10.0. The number of nitrogens with two attached hydrogens (primary N) is 2. The van der Waals surface area contributed by atoms with Gasteiger partial charge >= 0.3 is 0 Å². The molecule has 4 heterocycles. The van der Waals surface area contributed by atoms with Gasteiger partial charge in [-0.1, -0.05) is 26.7 Å². The van der Waals surface area contributed by atoms with Gasteiger partial charge in [0.2, 0.25) is 15.9 Å². The van der Waals surface area contributed by atoms with Crippen LogP contribution in [0.4, 0.5) is 4.39 Å². The van der Waals surface area contributed by atoms with Crippen LogP contribution in [0.1, 0.15) is 78.1 Å². The Hall–Kier alpha value is -1.18. The number of likely N-dealkylation sites (tertiary alicyclic amines) is 1. The molecule has 0 aromatic rings. The molecule has 0 radical (unpaired) electrons. The molecule has 3 saturated heterocycles. The summed E-state index contributed by atoms with van der Waals surface area (Å²) in [6.07, 6.45) is 7.00. The lowest BCUT2D eigenvalue weighted by Gasteiger charge is -2.45. The topological polar surface area (TPSA) is 146 Å². The monoisotopic (exact) mass is 585 g/mol. The molecule has 3 fully saturated rings. The summed E-state index contributed by atoms with van der Waals surface area (Å²) in [5.41, 5.74) is 12.4. The van der Waals surface area contributed by atoms with Crippen LogP contribution in [0, 0.1) is 11.3 Å². The molecule has 4 aliphatic heterocycles. The van der Waals surface area contributed by atoms with Gasteiger partial charge in [-0.05, 0) is 76.4 Å². The van der Waals surface area contributed by atoms with Crippen LogP contribution < -0.4 is 22.1 Å². The summed E-state index contributed by atoms with van der Waals surface area (Å²) in [5, 5.41) is 6.33. The molecule has 10 nitrogen and oxygen atoms in total. The molecule has 0 saturated carbocycles. The molecule has 40 heavy (non-hydrogen) atoms. The van der Waals surface area contributed by atoms with Gasteiger partial charge in [0.1, 0.15) is 6.17 Å². The quantitative estimate of drug-likeness (QED) is 0.283. The van der Waals surface area contributed by atoms with Crippen molar-refractivity contribution in [3.63, 3.8) is 0 Å². The lowest BCUT2D eigenvalue weighted by atomic mass is 9.69. The maximum atomic E-state index is 14.6. The van der Waals surface area contributed by atoms with Crippen LogP contribution in [-0.2, 0) is 14.8 Å². The van der Waals surface area contributed by atoms with Crippen molar-refractivity contribution in [2.24, 2.45) is 27.8 Å². The van der Waals surface area contributed by atoms with Gasteiger partial charge in [-0.25, -0.2) is 17.1 Å². The number of alkyl halides is 1. The maximum Gasteiger partial charge on any atom is 0.228 e. The first-order chi connectivity index (χ1) is 19.1. The fraction of sp³-hybridized carbons (Fsp3) is 0.929. The average Bonchev–Trinajstić information content (AvgIpc) is 2.88. The van der Waals surface area contributed by atoms with Crippen molar-refractivity contribution in [2.45, 2.75) is 114 Å². The smallest absolute Gasteiger partial charge is 0.228 e. The first-order valence-corrected chi connectivity index (χ1v) is 17.0. The molecule has 6 atom stereocenters. The van der Waals surface area contributed by atoms with E-state index in [1.54, 1.807) is 4.31 Å². The summed E-state index contributed by atoms with van der Waals surface area (Å²) < 4.78 is 42.0. The highest BCUT2D eigenvalue weighted by molar-refractivity contribution is 7.89. The second-order valence-electron chi connectivity index (χ2n) is 12.5. The van der Waals surface area contributed by atoms with Crippen LogP contribution in [0.25, 0.3) is 0 Å². The predicted molar refractivity (Wildman–Crippen MR) is 157 cm³/mol. The third-order valence-corrected chi connectivity index (χ3v) is 12.4. The van der Waals surface area contributed by atoms with E-state index in [4.69, 9.17) is 11.5 Å². The van der Waals surface area contributed by atoms with Crippen molar-refractivity contribution in [1.82, 2.24) is 19.8 Å². The molecule has 4 aliphatic rings. The second-order valence-corrected chi connectivity index (χ2v) is 14.8. The predicted octanol–water partition coefficient (Wildman–Crippen LogP) is 1.35. The van der Waals surface area contributed by atoms with Crippen LogP contribution in [0.2, 0.25) is 0 Å². The number of amides is 1. The Morgan fingerprint density at radius 1 is 1.18 bits per heavy atom. The first-order valence-electron chi connectivity index (χ1n) is 15.5. The van der Waals surface area contributed by atoms with Crippen LogP contribution in [0.15, 0.2) is 4.99 Å². The zero-order valence-electron chi connectivity index (χ0n) is 24.4. The molecule has 1 amide bonds. The summed E-state index contributed by atoms with van der Waals surface area (Å²) in [6, 6.07) is -0.551. The summed E-state index contributed by atoms with van der Waals surface area (Å²) in [6.45, 7) is 8.39. The normalized spacial score (nSPS) is 34.1. The zero-order valence-corrected chi connectivity index (χ0v) is 25.3. The number of carbonyl (C=O) groups is 1. The van der Waals surface area contributed by atoms with E-state index in [-0.39, 0.29) is 28.7 Å². The highest BCUT2D eigenvalue weighted by Gasteiger charge is 2.43. The molecule has 0 bridgehead atoms. The average molecular weight is 586 g/mol. The Bertz CT molecular complexity index is 971. The van der Waals surface area contributed by atoms with Gasteiger partial charge in [0.15, 0.2) is 0 Å². The molecule has 0 aromatic heterocycles. The van der Waals surface area contributed by atoms with Gasteiger partial charge < -0.3 is 22.1 Å². The lowest BCUT2D eigenvalue weighted by Crippen LogP contribution is -2.64. The molecular formula is C28H52FN7O3S. The Morgan fingerprint density at radius 2 is 1.90 bits per heavy atom. The number of nitrogens with zero attached hydrogens (tertiary/aromatic N) is 3. The van der Waals surface area contributed by atoms with E-state index in [2.05, 4.69) is 34.4 Å². The van der Waals surface area contributed by atoms with Crippen LogP contribution in [-0.4, -0.2) is 105 Å². The molecule has 0 spiro atoms. The maximum absolute atomic E-state index is 14.6. The van der Waals surface area contributed by atoms with Crippen molar-refractivity contribution in [1.29, 1.82) is 0 Å². The SMILES string of the molecule is CCCC1(CC)CCC(F)C=NC(C(C(=O)NC2CNCCC2N2CCC(S(=O)(=O)N3CCC3)CC2)C(N)N)C1. The molecule has 0 aromatic carbocycles. The van der Waals surface area contributed by atoms with Gasteiger partial charge in [-0.15, -0.1) is 0 Å². The van der Waals surface area contributed by atoms with Crippen molar-refractivity contribution in [3.05, 3.63) is 0 Å². The minimum atomic E-state index is -3.21. The molecule has 4 rings (SSSR count). The number of nitrogens with one attached hydrogen (secondary N) is 2. The molecule has 0 aliphatic carbocycles. The molecule has 6 N–H and O–H groups in total. The van der Waals surface area contributed by atoms with Crippen LogP contribution in [0.5, 0.6) is 0 Å². The van der Waals surface area contributed by atoms with Crippen LogP contribution in [0.3, 0.4) is 0 Å². The largest absolute Gasteiger partial charge is 0.350 e. The number of carbonyl (C=O) groups excluding carboxylic acids is 1. The molecule has 230 valence electrons. The summed E-state index contributed by atoms with van der Waals surface area (Å²) in [7, 11) is -3.21. The van der Waals surface area contributed by atoms with Gasteiger partial charge in [0, 0.05) is 31.9 Å². The second kappa shape index (κ2) is 13.9. The fourth-order valence-corrected chi connectivity index (χ4v) is 9.36. The molecule has 12 heteroatoms. The van der Waals surface area contributed by atoms with E-state index in [0.717, 1.165) is 45.1 Å². The number of sulfonamides is 1. The fourth-order valence-electron chi connectivity index (χ4n) is 7.37. The van der Waals surface area contributed by atoms with E-state index in [9.17, 15) is 17.6 Å². The number of rotatable bonds is 10. The van der Waals surface area contributed by atoms with E-state index in [0.29, 0.717) is 58.4 Å². The van der Waals surface area contributed by atoms with E-state index >= 15 is 0 Å². The van der Waals surface area contributed by atoms with Gasteiger partial charge in [0.05, 0.1) is 29.4 Å². The van der Waals surface area contributed by atoms with E-state index < -0.39 is 34.3 Å². The molecular weight excluding hydrogens is 533 g/mol. The number of halogens is 1. The van der Waals surface area contributed by atoms with Gasteiger partial charge in [-0.2, -0.15) is 0 Å². The Labute approximate surface area is 240 Å². The van der Waals surface area contributed by atoms with Crippen molar-refractivity contribution >= 4 is 22.1 Å². The first kappa shape index (κ1) is 31.7. The number of hydrogen-bond donors (Lipinski definition) is 4.